The first-order valence-electron chi connectivity index (χ1n) is 4.71. The van der Waals surface area contributed by atoms with Gasteiger partial charge in [0.1, 0.15) is 5.83 Å². The lowest BCUT2D eigenvalue weighted by Gasteiger charge is -1.93. The summed E-state index contributed by atoms with van der Waals surface area (Å²) in [7, 11) is 0. The highest BCUT2D eigenvalue weighted by Crippen LogP contribution is 2.16. The van der Waals surface area contributed by atoms with E-state index in [0.29, 0.717) is 12.0 Å². The van der Waals surface area contributed by atoms with E-state index in [4.69, 9.17) is 16.8 Å². The monoisotopic (exact) mass is 231 g/mol. The van der Waals surface area contributed by atoms with Crippen LogP contribution in [0.25, 0.3) is 0 Å². The molecular weight excluding hydrogens is 221 g/mol. The molecule has 0 atom stereocenters. The fourth-order valence-electron chi connectivity index (χ4n) is 1.08. The van der Waals surface area contributed by atoms with Gasteiger partial charge < -0.3 is 11.6 Å². The summed E-state index contributed by atoms with van der Waals surface area (Å²) < 4.78 is 13.4. The van der Waals surface area contributed by atoms with Gasteiger partial charge in [0.25, 0.3) is 0 Å². The van der Waals surface area contributed by atoms with Crippen molar-refractivity contribution in [1.29, 1.82) is 5.26 Å². The quantitative estimate of drug-likeness (QED) is 0.240. The van der Waals surface area contributed by atoms with Crippen molar-refractivity contribution >= 4 is 12.2 Å². The van der Waals surface area contributed by atoms with E-state index < -0.39 is 5.83 Å². The zero-order valence-corrected chi connectivity index (χ0v) is 8.94. The highest BCUT2D eigenvalue weighted by atomic mass is 19.1. The summed E-state index contributed by atoms with van der Waals surface area (Å²) in [4.78, 5) is 3.70. The summed E-state index contributed by atoms with van der Waals surface area (Å²) in [6, 6.07) is 1.77. The Hall–Kier alpha value is -2.60. The van der Waals surface area contributed by atoms with Gasteiger partial charge in [-0.3, -0.25) is 0 Å². The van der Waals surface area contributed by atoms with Crippen molar-refractivity contribution in [3.05, 3.63) is 23.0 Å². The molecule has 0 amide bonds. The molecule has 0 aromatic heterocycles. The van der Waals surface area contributed by atoms with Gasteiger partial charge in [-0.2, -0.15) is 5.26 Å². The molecule has 0 heterocycles. The Morgan fingerprint density at radius 1 is 1.71 bits per heavy atom. The predicted octanol–water partition coefficient (Wildman–Crippen LogP) is 0.716. The molecule has 1 rings (SSSR count). The van der Waals surface area contributed by atoms with E-state index in [1.54, 1.807) is 6.07 Å². The zero-order valence-electron chi connectivity index (χ0n) is 8.94. The molecule has 0 aliphatic heterocycles. The van der Waals surface area contributed by atoms with Crippen LogP contribution in [0.1, 0.15) is 12.8 Å². The van der Waals surface area contributed by atoms with Gasteiger partial charge in [0.05, 0.1) is 11.6 Å². The van der Waals surface area contributed by atoms with Crippen LogP contribution < -0.4 is 11.6 Å². The molecule has 4 N–H and O–H groups in total. The number of nitrogens with two attached hydrogens (primary N) is 2. The number of guanidine groups is 1. The van der Waals surface area contributed by atoms with Gasteiger partial charge in [-0.15, -0.1) is 5.10 Å². The molecule has 6 heteroatoms. The van der Waals surface area contributed by atoms with Crippen LogP contribution >= 0.6 is 0 Å². The molecule has 1 aliphatic rings. The van der Waals surface area contributed by atoms with Gasteiger partial charge in [0.2, 0.25) is 5.96 Å². The Labute approximate surface area is 98.0 Å². The highest BCUT2D eigenvalue weighted by Gasteiger charge is 2.06. The van der Waals surface area contributed by atoms with Crippen molar-refractivity contribution in [2.24, 2.45) is 21.7 Å². The molecule has 86 valence electrons. The Morgan fingerprint density at radius 3 is 3.12 bits per heavy atom. The smallest absolute Gasteiger partial charge is 0.236 e. The normalized spacial score (nSPS) is 16.0. The molecule has 0 bridgehead atoms. The van der Waals surface area contributed by atoms with E-state index in [1.165, 1.54) is 12.3 Å². The summed E-state index contributed by atoms with van der Waals surface area (Å²) in [5, 5.41) is 11.8. The molecular formula is C11H10FN5. The number of aliphatic imine (C=N–C) groups is 1. The number of hydrazone groups is 1. The van der Waals surface area contributed by atoms with Gasteiger partial charge in [-0.1, -0.05) is 11.8 Å². The van der Waals surface area contributed by atoms with Crippen molar-refractivity contribution in [2.45, 2.75) is 12.8 Å². The molecule has 0 fully saturated rings. The van der Waals surface area contributed by atoms with Crippen LogP contribution in [0, 0.1) is 23.2 Å². The minimum absolute atomic E-state index is 0.0347. The maximum atomic E-state index is 13.4. The third-order valence-corrected chi connectivity index (χ3v) is 1.91. The van der Waals surface area contributed by atoms with E-state index in [2.05, 4.69) is 21.9 Å². The average molecular weight is 231 g/mol. The number of nitriles is 1. The number of rotatable bonds is 2. The summed E-state index contributed by atoms with van der Waals surface area (Å²) >= 11 is 0. The lowest BCUT2D eigenvalue weighted by molar-refractivity contribution is 0.656. The summed E-state index contributed by atoms with van der Waals surface area (Å²) in [6.45, 7) is 0. The first-order valence-corrected chi connectivity index (χ1v) is 4.71. The average Bonchev–Trinajstić information content (AvgIpc) is 2.50. The van der Waals surface area contributed by atoms with Crippen LogP contribution in [0.3, 0.4) is 0 Å². The minimum Gasteiger partial charge on any atom is -0.367 e. The molecule has 5 nitrogen and oxygen atoms in total. The molecule has 0 radical (unpaired) electrons. The lowest BCUT2D eigenvalue weighted by Crippen LogP contribution is -2.10. The fourth-order valence-corrected chi connectivity index (χ4v) is 1.08. The lowest BCUT2D eigenvalue weighted by atomic mass is 10.2. The standard InChI is InChI=1S/C11H10FN5/c12-10-6-8(2-1-3-9(10)7-13)4-5-16-11(14)17-15/h5-6H,3-4,15H2,(H2,14,17). The Morgan fingerprint density at radius 2 is 2.47 bits per heavy atom. The van der Waals surface area contributed by atoms with Crippen molar-refractivity contribution in [1.82, 2.24) is 0 Å². The molecule has 0 saturated carbocycles. The second kappa shape index (κ2) is 6.09. The van der Waals surface area contributed by atoms with Gasteiger partial charge in [-0.25, -0.2) is 9.38 Å². The predicted molar refractivity (Wildman–Crippen MR) is 63.1 cm³/mol. The number of nitrogens with zero attached hydrogens (tertiary/aromatic N) is 3. The van der Waals surface area contributed by atoms with E-state index in [0.717, 1.165) is 0 Å². The van der Waals surface area contributed by atoms with Crippen LogP contribution in [0.15, 0.2) is 33.1 Å². The first kappa shape index (κ1) is 12.5. The third kappa shape index (κ3) is 3.80. The topological polar surface area (TPSA) is 101 Å². The molecule has 17 heavy (non-hydrogen) atoms. The number of allylic oxidation sites excluding steroid dienone is 4. The number of halogens is 1. The zero-order chi connectivity index (χ0) is 12.7. The van der Waals surface area contributed by atoms with Crippen molar-refractivity contribution < 1.29 is 4.39 Å². The van der Waals surface area contributed by atoms with Gasteiger partial charge in [0.15, 0.2) is 0 Å². The second-order valence-electron chi connectivity index (χ2n) is 3.09. The van der Waals surface area contributed by atoms with E-state index >= 15 is 0 Å². The Bertz CT molecular complexity index is 522. The van der Waals surface area contributed by atoms with Crippen molar-refractivity contribution in [3.8, 4) is 17.9 Å². The first-order chi connectivity index (χ1) is 8.17. The molecule has 0 unspecified atom stereocenters. The maximum absolute atomic E-state index is 13.4. The molecule has 0 aromatic carbocycles. The van der Waals surface area contributed by atoms with Gasteiger partial charge in [0, 0.05) is 24.6 Å². The largest absolute Gasteiger partial charge is 0.367 e. The molecule has 1 aliphatic carbocycles. The summed E-state index contributed by atoms with van der Waals surface area (Å²) in [6.07, 6.45) is 3.07. The minimum atomic E-state index is -0.575. The summed E-state index contributed by atoms with van der Waals surface area (Å²) in [5.41, 5.74) is 5.79. The van der Waals surface area contributed by atoms with Crippen LogP contribution in [0.2, 0.25) is 0 Å². The molecule has 0 aromatic rings. The van der Waals surface area contributed by atoms with Crippen molar-refractivity contribution in [2.75, 3.05) is 0 Å². The van der Waals surface area contributed by atoms with Crippen LogP contribution in [-0.2, 0) is 0 Å². The molecule has 0 saturated heterocycles. The number of hydrogen-bond donors (Lipinski definition) is 2. The van der Waals surface area contributed by atoms with Crippen LogP contribution in [0.5, 0.6) is 0 Å². The third-order valence-electron chi connectivity index (χ3n) is 1.91. The van der Waals surface area contributed by atoms with Crippen LogP contribution in [-0.4, -0.2) is 12.2 Å². The SMILES string of the molecule is N#CC1=C(F)C=C(CC=N/C(N)=N\N)C#CC1. The Balaban J connectivity index is 2.79. The molecule has 0 spiro atoms. The maximum Gasteiger partial charge on any atom is 0.236 e. The van der Waals surface area contributed by atoms with Gasteiger partial charge in [-0.05, 0) is 6.08 Å². The summed E-state index contributed by atoms with van der Waals surface area (Å²) in [5.74, 6) is 9.67. The van der Waals surface area contributed by atoms with Gasteiger partial charge >= 0.3 is 0 Å². The second-order valence-corrected chi connectivity index (χ2v) is 3.09. The van der Waals surface area contributed by atoms with E-state index in [-0.39, 0.29) is 18.0 Å². The highest BCUT2D eigenvalue weighted by molar-refractivity contribution is 5.86. The van der Waals surface area contributed by atoms with Crippen LogP contribution in [0.4, 0.5) is 4.39 Å². The van der Waals surface area contributed by atoms with E-state index in [9.17, 15) is 4.39 Å². The fraction of sp³-hybridized carbons (Fsp3) is 0.182. The number of hydrogen-bond acceptors (Lipinski definition) is 3. The van der Waals surface area contributed by atoms with Crippen molar-refractivity contribution in [3.63, 3.8) is 0 Å². The Kier molecular flexibility index (Phi) is 4.46. The van der Waals surface area contributed by atoms with E-state index in [1.807, 2.05) is 0 Å².